The highest BCUT2D eigenvalue weighted by atomic mass is 15.1. The largest absolute Gasteiger partial charge is 0.347 e. The molecule has 2 heterocycles. The second-order valence-corrected chi connectivity index (χ2v) is 6.35. The number of nitrogens with zero attached hydrogens (tertiary/aromatic N) is 2. The minimum atomic E-state index is 0.764. The number of aromatic nitrogens is 1. The van der Waals surface area contributed by atoms with Gasteiger partial charge in [0.2, 0.25) is 0 Å². The van der Waals surface area contributed by atoms with Crippen molar-refractivity contribution in [2.24, 2.45) is 0 Å². The molecular formula is C18H27N3. The minimum absolute atomic E-state index is 0.764. The fourth-order valence-corrected chi connectivity index (χ4v) is 3.56. The van der Waals surface area contributed by atoms with Crippen molar-refractivity contribution in [3.05, 3.63) is 36.0 Å². The summed E-state index contributed by atoms with van der Waals surface area (Å²) < 4.78 is 2.42. The number of rotatable bonds is 5. The quantitative estimate of drug-likeness (QED) is 0.910. The zero-order valence-corrected chi connectivity index (χ0v) is 13.3. The molecular weight excluding hydrogens is 258 g/mol. The second kappa shape index (κ2) is 6.63. The van der Waals surface area contributed by atoms with Gasteiger partial charge in [0.25, 0.3) is 0 Å². The van der Waals surface area contributed by atoms with Crippen LogP contribution in [0.1, 0.15) is 31.2 Å². The molecule has 0 bridgehead atoms. The molecule has 1 saturated heterocycles. The predicted molar refractivity (Wildman–Crippen MR) is 89.6 cm³/mol. The van der Waals surface area contributed by atoms with Crippen LogP contribution in [0.3, 0.4) is 0 Å². The Balaban J connectivity index is 1.69. The molecule has 114 valence electrons. The van der Waals surface area contributed by atoms with Crippen molar-refractivity contribution >= 4 is 10.9 Å². The molecule has 3 nitrogen and oxygen atoms in total. The SMILES string of the molecule is CNCc1ccc2c(ccn2CCC2CCCCN2C)c1. The van der Waals surface area contributed by atoms with Crippen LogP contribution in [0.4, 0.5) is 0 Å². The van der Waals surface area contributed by atoms with Crippen LogP contribution in [-0.4, -0.2) is 36.1 Å². The van der Waals surface area contributed by atoms with E-state index in [4.69, 9.17) is 0 Å². The summed E-state index contributed by atoms with van der Waals surface area (Å²) in [6.07, 6.45) is 7.64. The second-order valence-electron chi connectivity index (χ2n) is 6.35. The Hall–Kier alpha value is -1.32. The molecule has 2 aromatic rings. The smallest absolute Gasteiger partial charge is 0.0480 e. The van der Waals surface area contributed by atoms with Crippen LogP contribution in [0.15, 0.2) is 30.5 Å². The molecule has 0 amide bonds. The summed E-state index contributed by atoms with van der Waals surface area (Å²) in [4.78, 5) is 2.54. The maximum Gasteiger partial charge on any atom is 0.0480 e. The highest BCUT2D eigenvalue weighted by Crippen LogP contribution is 2.21. The molecule has 1 fully saturated rings. The molecule has 0 radical (unpaired) electrons. The lowest BCUT2D eigenvalue weighted by Crippen LogP contribution is -2.36. The number of piperidine rings is 1. The Morgan fingerprint density at radius 2 is 2.14 bits per heavy atom. The fraction of sp³-hybridized carbons (Fsp3) is 0.556. The van der Waals surface area contributed by atoms with Crippen molar-refractivity contribution in [1.82, 2.24) is 14.8 Å². The van der Waals surface area contributed by atoms with Crippen LogP contribution in [0.2, 0.25) is 0 Å². The number of nitrogens with one attached hydrogen (secondary N) is 1. The van der Waals surface area contributed by atoms with Gasteiger partial charge < -0.3 is 14.8 Å². The summed E-state index contributed by atoms with van der Waals surface area (Å²) in [5.41, 5.74) is 2.73. The van der Waals surface area contributed by atoms with E-state index in [-0.39, 0.29) is 0 Å². The lowest BCUT2D eigenvalue weighted by atomic mass is 10.0. The van der Waals surface area contributed by atoms with E-state index < -0.39 is 0 Å². The Kier molecular flexibility index (Phi) is 4.61. The van der Waals surface area contributed by atoms with Gasteiger partial charge in [-0.25, -0.2) is 0 Å². The van der Waals surface area contributed by atoms with Gasteiger partial charge in [0, 0.05) is 30.8 Å². The van der Waals surface area contributed by atoms with E-state index in [0.717, 1.165) is 19.1 Å². The molecule has 1 aromatic heterocycles. The molecule has 1 aliphatic rings. The lowest BCUT2D eigenvalue weighted by molar-refractivity contribution is 0.171. The van der Waals surface area contributed by atoms with Crippen LogP contribution < -0.4 is 5.32 Å². The number of fused-ring (bicyclic) bond motifs is 1. The van der Waals surface area contributed by atoms with Gasteiger partial charge in [-0.1, -0.05) is 12.5 Å². The summed E-state index contributed by atoms with van der Waals surface area (Å²) in [7, 11) is 4.28. The summed E-state index contributed by atoms with van der Waals surface area (Å²) in [5.74, 6) is 0. The first kappa shape index (κ1) is 14.6. The monoisotopic (exact) mass is 285 g/mol. The third kappa shape index (κ3) is 3.30. The molecule has 3 heteroatoms. The average Bonchev–Trinajstić information content (AvgIpc) is 2.89. The molecule has 1 N–H and O–H groups in total. The summed E-state index contributed by atoms with van der Waals surface area (Å²) >= 11 is 0. The van der Waals surface area contributed by atoms with E-state index in [1.807, 2.05) is 7.05 Å². The van der Waals surface area contributed by atoms with Crippen LogP contribution in [0.25, 0.3) is 10.9 Å². The number of benzene rings is 1. The number of likely N-dealkylation sites (tertiary alicyclic amines) is 1. The van der Waals surface area contributed by atoms with Crippen molar-refractivity contribution < 1.29 is 0 Å². The first-order valence-corrected chi connectivity index (χ1v) is 8.20. The average molecular weight is 285 g/mol. The van der Waals surface area contributed by atoms with E-state index >= 15 is 0 Å². The van der Waals surface area contributed by atoms with Gasteiger partial charge in [-0.3, -0.25) is 0 Å². The maximum absolute atomic E-state index is 3.22. The lowest BCUT2D eigenvalue weighted by Gasteiger charge is -2.32. The summed E-state index contributed by atoms with van der Waals surface area (Å²) in [6, 6.07) is 9.82. The predicted octanol–water partition coefficient (Wildman–Crippen LogP) is 3.24. The third-order valence-electron chi connectivity index (χ3n) is 4.84. The van der Waals surface area contributed by atoms with Crippen LogP contribution in [0, 0.1) is 0 Å². The summed E-state index contributed by atoms with van der Waals surface area (Å²) in [6.45, 7) is 3.34. The molecule has 0 saturated carbocycles. The van der Waals surface area contributed by atoms with Crippen molar-refractivity contribution in [3.8, 4) is 0 Å². The molecule has 0 spiro atoms. The van der Waals surface area contributed by atoms with Gasteiger partial charge in [-0.15, -0.1) is 0 Å². The van der Waals surface area contributed by atoms with Crippen molar-refractivity contribution in [2.75, 3.05) is 20.6 Å². The summed E-state index contributed by atoms with van der Waals surface area (Å²) in [5, 5.41) is 4.58. The topological polar surface area (TPSA) is 20.2 Å². The van der Waals surface area contributed by atoms with Gasteiger partial charge in [0.05, 0.1) is 0 Å². The maximum atomic E-state index is 3.22. The molecule has 0 aliphatic carbocycles. The fourth-order valence-electron chi connectivity index (χ4n) is 3.56. The molecule has 21 heavy (non-hydrogen) atoms. The molecule has 1 atom stereocenters. The highest BCUT2D eigenvalue weighted by molar-refractivity contribution is 5.80. The molecule has 1 unspecified atom stereocenters. The van der Waals surface area contributed by atoms with E-state index in [1.165, 1.54) is 48.7 Å². The van der Waals surface area contributed by atoms with Gasteiger partial charge >= 0.3 is 0 Å². The zero-order chi connectivity index (χ0) is 14.7. The zero-order valence-electron chi connectivity index (χ0n) is 13.3. The normalized spacial score (nSPS) is 20.2. The first-order chi connectivity index (χ1) is 10.3. The van der Waals surface area contributed by atoms with Crippen molar-refractivity contribution in [1.29, 1.82) is 0 Å². The molecule has 1 aliphatic heterocycles. The van der Waals surface area contributed by atoms with Crippen molar-refractivity contribution in [3.63, 3.8) is 0 Å². The van der Waals surface area contributed by atoms with E-state index in [1.54, 1.807) is 0 Å². The van der Waals surface area contributed by atoms with Crippen LogP contribution in [0.5, 0.6) is 0 Å². The molecule has 3 rings (SSSR count). The third-order valence-corrected chi connectivity index (χ3v) is 4.84. The van der Waals surface area contributed by atoms with Crippen LogP contribution >= 0.6 is 0 Å². The van der Waals surface area contributed by atoms with E-state index in [2.05, 4.69) is 52.3 Å². The molecule has 1 aromatic carbocycles. The highest BCUT2D eigenvalue weighted by Gasteiger charge is 2.18. The van der Waals surface area contributed by atoms with E-state index in [0.29, 0.717) is 0 Å². The standard InChI is InChI=1S/C18H27N3/c1-19-14-15-6-7-18-16(13-15)8-11-21(18)12-9-17-5-3-4-10-20(17)2/h6-8,11,13,17,19H,3-5,9-10,12,14H2,1-2H3. The number of hydrogen-bond donors (Lipinski definition) is 1. The Morgan fingerprint density at radius 3 is 2.95 bits per heavy atom. The Bertz CT molecular complexity index is 587. The number of aryl methyl sites for hydroxylation is 1. The Morgan fingerprint density at radius 1 is 1.24 bits per heavy atom. The van der Waals surface area contributed by atoms with Gasteiger partial charge in [-0.2, -0.15) is 0 Å². The van der Waals surface area contributed by atoms with Crippen molar-refractivity contribution in [2.45, 2.75) is 44.8 Å². The van der Waals surface area contributed by atoms with Gasteiger partial charge in [0.1, 0.15) is 0 Å². The van der Waals surface area contributed by atoms with E-state index in [9.17, 15) is 0 Å². The van der Waals surface area contributed by atoms with Gasteiger partial charge in [0.15, 0.2) is 0 Å². The van der Waals surface area contributed by atoms with Crippen LogP contribution in [-0.2, 0) is 13.1 Å². The number of hydrogen-bond acceptors (Lipinski definition) is 2. The van der Waals surface area contributed by atoms with Gasteiger partial charge in [-0.05, 0) is 69.1 Å². The minimum Gasteiger partial charge on any atom is -0.347 e. The first-order valence-electron chi connectivity index (χ1n) is 8.20. The Labute approximate surface area is 127 Å².